The Bertz CT molecular complexity index is 486. The predicted octanol–water partition coefficient (Wildman–Crippen LogP) is 3.06. The van der Waals surface area contributed by atoms with E-state index in [1.165, 1.54) is 12.1 Å². The van der Waals surface area contributed by atoms with Gasteiger partial charge in [0.15, 0.2) is 0 Å². The maximum Gasteiger partial charge on any atom is 0.223 e. The van der Waals surface area contributed by atoms with E-state index in [-0.39, 0.29) is 23.1 Å². The number of amides is 1. The topological polar surface area (TPSA) is 41.1 Å². The van der Waals surface area contributed by atoms with Gasteiger partial charge in [0.05, 0.1) is 0 Å². The fourth-order valence-electron chi connectivity index (χ4n) is 2.51. The Hall–Kier alpha value is -1.07. The Balaban J connectivity index is 1.73. The van der Waals surface area contributed by atoms with Crippen LogP contribution in [0.25, 0.3) is 0 Å². The van der Waals surface area contributed by atoms with Crippen molar-refractivity contribution >= 4 is 17.7 Å². The van der Waals surface area contributed by atoms with E-state index in [1.54, 1.807) is 23.9 Å². The molecular formula is C17H25FN2OS. The van der Waals surface area contributed by atoms with Crippen LogP contribution in [0.2, 0.25) is 0 Å². The van der Waals surface area contributed by atoms with Crippen molar-refractivity contribution in [2.75, 3.05) is 25.4 Å². The molecule has 1 unspecified atom stereocenters. The number of carbonyl (C=O) groups is 1. The van der Waals surface area contributed by atoms with Crippen molar-refractivity contribution in [2.45, 2.75) is 31.6 Å². The van der Waals surface area contributed by atoms with Gasteiger partial charge in [0.1, 0.15) is 5.82 Å². The lowest BCUT2D eigenvalue weighted by atomic mass is 9.81. The second-order valence-electron chi connectivity index (χ2n) is 6.44. The summed E-state index contributed by atoms with van der Waals surface area (Å²) in [6, 6.07) is 6.40. The van der Waals surface area contributed by atoms with Crippen LogP contribution in [0.15, 0.2) is 29.2 Å². The lowest BCUT2D eigenvalue weighted by Crippen LogP contribution is -2.44. The molecule has 22 heavy (non-hydrogen) atoms. The SMILES string of the molecule is CC(CSc1ccc(F)cc1)C(=O)NCC1(C)CCNCC1. The first-order valence-electron chi connectivity index (χ1n) is 7.85. The van der Waals surface area contributed by atoms with Gasteiger partial charge < -0.3 is 10.6 Å². The zero-order chi connectivity index (χ0) is 16.0. The van der Waals surface area contributed by atoms with Crippen LogP contribution in [0.5, 0.6) is 0 Å². The van der Waals surface area contributed by atoms with Crippen LogP contribution in [0.1, 0.15) is 26.7 Å². The van der Waals surface area contributed by atoms with Gasteiger partial charge in [0, 0.05) is 23.1 Å². The van der Waals surface area contributed by atoms with Gasteiger partial charge in [-0.1, -0.05) is 13.8 Å². The van der Waals surface area contributed by atoms with Gasteiger partial charge in [0.25, 0.3) is 0 Å². The zero-order valence-electron chi connectivity index (χ0n) is 13.3. The molecule has 2 rings (SSSR count). The molecule has 0 aliphatic carbocycles. The molecule has 1 saturated heterocycles. The summed E-state index contributed by atoms with van der Waals surface area (Å²) in [7, 11) is 0. The number of halogens is 1. The van der Waals surface area contributed by atoms with E-state index >= 15 is 0 Å². The molecule has 0 radical (unpaired) electrons. The molecule has 5 heteroatoms. The van der Waals surface area contributed by atoms with Crippen molar-refractivity contribution in [3.8, 4) is 0 Å². The first kappa shape index (κ1) is 17.3. The zero-order valence-corrected chi connectivity index (χ0v) is 14.1. The number of carbonyl (C=O) groups excluding carboxylic acids is 1. The molecule has 122 valence electrons. The van der Waals surface area contributed by atoms with E-state index < -0.39 is 0 Å². The van der Waals surface area contributed by atoms with E-state index in [2.05, 4.69) is 17.6 Å². The summed E-state index contributed by atoms with van der Waals surface area (Å²) in [5.41, 5.74) is 0.213. The molecule has 1 aliphatic heterocycles. The number of hydrogen-bond donors (Lipinski definition) is 2. The Morgan fingerprint density at radius 3 is 2.64 bits per heavy atom. The van der Waals surface area contributed by atoms with Gasteiger partial charge in [-0.2, -0.15) is 0 Å². The van der Waals surface area contributed by atoms with Gasteiger partial charge in [0.2, 0.25) is 5.91 Å². The summed E-state index contributed by atoms with van der Waals surface area (Å²) >= 11 is 1.59. The highest BCUT2D eigenvalue weighted by Crippen LogP contribution is 2.27. The van der Waals surface area contributed by atoms with Crippen molar-refractivity contribution in [3.05, 3.63) is 30.1 Å². The van der Waals surface area contributed by atoms with Gasteiger partial charge in [-0.25, -0.2) is 4.39 Å². The lowest BCUT2D eigenvalue weighted by molar-refractivity contribution is -0.124. The van der Waals surface area contributed by atoms with Crippen molar-refractivity contribution in [3.63, 3.8) is 0 Å². The molecule has 0 spiro atoms. The normalized spacial score (nSPS) is 18.7. The Kier molecular flexibility index (Phi) is 6.26. The van der Waals surface area contributed by atoms with E-state index in [4.69, 9.17) is 0 Å². The largest absolute Gasteiger partial charge is 0.355 e. The number of nitrogens with one attached hydrogen (secondary N) is 2. The summed E-state index contributed by atoms with van der Waals surface area (Å²) < 4.78 is 12.8. The van der Waals surface area contributed by atoms with E-state index in [0.717, 1.165) is 37.4 Å². The van der Waals surface area contributed by atoms with Crippen molar-refractivity contribution < 1.29 is 9.18 Å². The molecule has 1 atom stereocenters. The number of hydrogen-bond acceptors (Lipinski definition) is 3. The van der Waals surface area contributed by atoms with Gasteiger partial charge in [-0.15, -0.1) is 11.8 Å². The predicted molar refractivity (Wildman–Crippen MR) is 89.5 cm³/mol. The fourth-order valence-corrected chi connectivity index (χ4v) is 3.43. The van der Waals surface area contributed by atoms with E-state index in [1.807, 2.05) is 6.92 Å². The quantitative estimate of drug-likeness (QED) is 0.790. The van der Waals surface area contributed by atoms with Crippen LogP contribution in [0.4, 0.5) is 4.39 Å². The van der Waals surface area contributed by atoms with Gasteiger partial charge >= 0.3 is 0 Å². The highest BCUT2D eigenvalue weighted by atomic mass is 32.2. The molecule has 3 nitrogen and oxygen atoms in total. The molecule has 1 aromatic carbocycles. The highest BCUT2D eigenvalue weighted by molar-refractivity contribution is 7.99. The van der Waals surface area contributed by atoms with Crippen LogP contribution in [0.3, 0.4) is 0 Å². The lowest BCUT2D eigenvalue weighted by Gasteiger charge is -2.34. The maximum absolute atomic E-state index is 12.8. The van der Waals surface area contributed by atoms with Crippen LogP contribution >= 0.6 is 11.8 Å². The molecule has 2 N–H and O–H groups in total. The smallest absolute Gasteiger partial charge is 0.223 e. The van der Waals surface area contributed by atoms with E-state index in [9.17, 15) is 9.18 Å². The summed E-state index contributed by atoms with van der Waals surface area (Å²) in [4.78, 5) is 13.2. The third-order valence-electron chi connectivity index (χ3n) is 4.26. The first-order chi connectivity index (χ1) is 10.5. The summed E-state index contributed by atoms with van der Waals surface area (Å²) in [5.74, 6) is 0.524. The third-order valence-corrected chi connectivity index (χ3v) is 5.53. The average molecular weight is 324 g/mol. The summed E-state index contributed by atoms with van der Waals surface area (Å²) in [5, 5.41) is 6.45. The first-order valence-corrected chi connectivity index (χ1v) is 8.84. The number of piperidine rings is 1. The number of thioether (sulfide) groups is 1. The standard InChI is InChI=1S/C17H25FN2OS/c1-13(11-22-15-5-3-14(18)4-6-15)16(21)20-12-17(2)7-9-19-10-8-17/h3-6,13,19H,7-12H2,1-2H3,(H,20,21). The van der Waals surface area contributed by atoms with Gasteiger partial charge in [-0.3, -0.25) is 4.79 Å². The monoisotopic (exact) mass is 324 g/mol. The average Bonchev–Trinajstić information content (AvgIpc) is 2.52. The molecule has 0 aromatic heterocycles. The second-order valence-corrected chi connectivity index (χ2v) is 7.54. The van der Waals surface area contributed by atoms with Crippen molar-refractivity contribution in [1.29, 1.82) is 0 Å². The van der Waals surface area contributed by atoms with E-state index in [0.29, 0.717) is 5.75 Å². The van der Waals surface area contributed by atoms with Crippen LogP contribution < -0.4 is 10.6 Å². The molecule has 0 saturated carbocycles. The van der Waals surface area contributed by atoms with Crippen molar-refractivity contribution in [2.24, 2.45) is 11.3 Å². The molecule has 1 heterocycles. The highest BCUT2D eigenvalue weighted by Gasteiger charge is 2.27. The second kappa shape index (κ2) is 7.97. The molecule has 1 amide bonds. The molecule has 1 aromatic rings. The molecular weight excluding hydrogens is 299 g/mol. The fraction of sp³-hybridized carbons (Fsp3) is 0.588. The minimum absolute atomic E-state index is 0.0552. The molecule has 0 bridgehead atoms. The van der Waals surface area contributed by atoms with Crippen LogP contribution in [-0.4, -0.2) is 31.3 Å². The Morgan fingerprint density at radius 1 is 1.36 bits per heavy atom. The minimum atomic E-state index is -0.231. The summed E-state index contributed by atoms with van der Waals surface area (Å²) in [6.45, 7) is 6.99. The third kappa shape index (κ3) is 5.29. The van der Waals surface area contributed by atoms with Gasteiger partial charge in [-0.05, 0) is 55.6 Å². The summed E-state index contributed by atoms with van der Waals surface area (Å²) in [6.07, 6.45) is 2.21. The maximum atomic E-state index is 12.8. The number of rotatable bonds is 6. The van der Waals surface area contributed by atoms with Crippen LogP contribution in [-0.2, 0) is 4.79 Å². The molecule has 1 fully saturated rings. The minimum Gasteiger partial charge on any atom is -0.355 e. The number of benzene rings is 1. The van der Waals surface area contributed by atoms with Crippen LogP contribution in [0, 0.1) is 17.2 Å². The van der Waals surface area contributed by atoms with Crippen molar-refractivity contribution in [1.82, 2.24) is 10.6 Å². The Labute approximate surface area is 136 Å². The molecule has 1 aliphatic rings. The Morgan fingerprint density at radius 2 is 2.00 bits per heavy atom.